The molecule has 0 radical (unpaired) electrons. The van der Waals surface area contributed by atoms with Gasteiger partial charge in [-0.3, -0.25) is 4.79 Å². The maximum Gasteiger partial charge on any atom is 0.224 e. The summed E-state index contributed by atoms with van der Waals surface area (Å²) in [5.74, 6) is 2.60. The van der Waals surface area contributed by atoms with Gasteiger partial charge in [0.15, 0.2) is 0 Å². The molecular weight excluding hydrogens is 190 g/mol. The van der Waals surface area contributed by atoms with Crippen LogP contribution in [0.5, 0.6) is 0 Å². The first-order valence-electron chi connectivity index (χ1n) is 5.34. The minimum atomic E-state index is -0.0193. The highest BCUT2D eigenvalue weighted by molar-refractivity contribution is 5.76. The van der Waals surface area contributed by atoms with E-state index in [2.05, 4.69) is 11.2 Å². The van der Waals surface area contributed by atoms with Gasteiger partial charge < -0.3 is 16.0 Å². The number of nitrogens with one attached hydrogen (secondary N) is 1. The zero-order valence-electron chi connectivity index (χ0n) is 9.62. The van der Waals surface area contributed by atoms with Crippen molar-refractivity contribution in [2.75, 3.05) is 26.2 Å². The summed E-state index contributed by atoms with van der Waals surface area (Å²) in [6.45, 7) is 6.28. The van der Waals surface area contributed by atoms with Gasteiger partial charge in [-0.25, -0.2) is 0 Å². The van der Waals surface area contributed by atoms with Gasteiger partial charge in [-0.05, 0) is 13.8 Å². The highest BCUT2D eigenvalue weighted by Gasteiger charge is 2.15. The second-order valence-electron chi connectivity index (χ2n) is 3.29. The molecule has 4 nitrogen and oxygen atoms in total. The molecule has 0 aromatic rings. The van der Waals surface area contributed by atoms with Crippen molar-refractivity contribution < 1.29 is 4.79 Å². The van der Waals surface area contributed by atoms with E-state index in [4.69, 9.17) is 12.2 Å². The average Bonchev–Trinajstić information content (AvgIpc) is 2.25. The van der Waals surface area contributed by atoms with Crippen molar-refractivity contribution in [2.24, 2.45) is 5.73 Å². The van der Waals surface area contributed by atoms with Gasteiger partial charge in [0, 0.05) is 32.1 Å². The molecule has 0 saturated heterocycles. The normalized spacial score (nSPS) is 11.9. The van der Waals surface area contributed by atoms with E-state index in [1.807, 2.05) is 13.8 Å². The van der Waals surface area contributed by atoms with Gasteiger partial charge in [-0.2, -0.15) is 0 Å². The highest BCUT2D eigenvalue weighted by Crippen LogP contribution is 1.97. The Balaban J connectivity index is 4.05. The lowest BCUT2D eigenvalue weighted by Gasteiger charge is -2.22. The Kier molecular flexibility index (Phi) is 7.69. The Labute approximate surface area is 92.2 Å². The Bertz CT molecular complexity index is 218. The molecule has 3 N–H and O–H groups in total. The lowest BCUT2D eigenvalue weighted by Crippen LogP contribution is -2.42. The van der Waals surface area contributed by atoms with E-state index in [1.54, 1.807) is 4.90 Å². The molecule has 0 bridgehead atoms. The number of nitrogens with two attached hydrogens (primary N) is 1. The summed E-state index contributed by atoms with van der Waals surface area (Å²) in [4.78, 5) is 13.5. The molecule has 0 saturated carbocycles. The Hall–Kier alpha value is -1.05. The quantitative estimate of drug-likeness (QED) is 0.573. The van der Waals surface area contributed by atoms with Crippen molar-refractivity contribution in [3.05, 3.63) is 0 Å². The number of nitrogens with zero attached hydrogens (tertiary/aromatic N) is 1. The second-order valence-corrected chi connectivity index (χ2v) is 3.29. The van der Waals surface area contributed by atoms with E-state index >= 15 is 0 Å². The first-order chi connectivity index (χ1) is 7.19. The van der Waals surface area contributed by atoms with Gasteiger partial charge in [0.25, 0.3) is 0 Å². The van der Waals surface area contributed by atoms with Gasteiger partial charge in [0.2, 0.25) is 5.91 Å². The Morgan fingerprint density at radius 3 is 2.53 bits per heavy atom. The fourth-order valence-corrected chi connectivity index (χ4v) is 1.36. The van der Waals surface area contributed by atoms with Gasteiger partial charge in [0.05, 0.1) is 6.54 Å². The Morgan fingerprint density at radius 1 is 1.53 bits per heavy atom. The predicted molar refractivity (Wildman–Crippen MR) is 62.2 cm³/mol. The van der Waals surface area contributed by atoms with E-state index in [0.717, 1.165) is 13.1 Å². The molecule has 0 aromatic heterocycles. The Morgan fingerprint density at radius 2 is 2.13 bits per heavy atom. The standard InChI is InChI=1S/C11H21N3O/c1-4-7-13-10(9-12)8-11(15)14(5-2)6-3/h1,10,13H,5-9,12H2,2-3H3. The molecule has 1 amide bonds. The van der Waals surface area contributed by atoms with Crippen LogP contribution in [0.2, 0.25) is 0 Å². The molecule has 4 heteroatoms. The van der Waals surface area contributed by atoms with E-state index in [9.17, 15) is 4.79 Å². The summed E-state index contributed by atoms with van der Waals surface area (Å²) in [5.41, 5.74) is 5.54. The van der Waals surface area contributed by atoms with Gasteiger partial charge >= 0.3 is 0 Å². The molecule has 0 rings (SSSR count). The minimum absolute atomic E-state index is 0.0193. The van der Waals surface area contributed by atoms with Crippen LogP contribution in [0, 0.1) is 12.3 Å². The second kappa shape index (κ2) is 8.27. The first kappa shape index (κ1) is 13.9. The average molecular weight is 211 g/mol. The predicted octanol–water partition coefficient (Wildman–Crippen LogP) is -0.205. The third-order valence-corrected chi connectivity index (χ3v) is 2.31. The van der Waals surface area contributed by atoms with Crippen LogP contribution in [0.1, 0.15) is 20.3 Å². The van der Waals surface area contributed by atoms with E-state index in [1.165, 1.54) is 0 Å². The summed E-state index contributed by atoms with van der Waals surface area (Å²) in [6, 6.07) is -0.0193. The molecule has 0 spiro atoms. The molecule has 0 fully saturated rings. The molecule has 0 aliphatic heterocycles. The molecule has 15 heavy (non-hydrogen) atoms. The maximum atomic E-state index is 11.7. The third kappa shape index (κ3) is 5.40. The summed E-state index contributed by atoms with van der Waals surface area (Å²) >= 11 is 0. The van der Waals surface area contributed by atoms with Crippen LogP contribution in [0.25, 0.3) is 0 Å². The molecular formula is C11H21N3O. The van der Waals surface area contributed by atoms with E-state index < -0.39 is 0 Å². The van der Waals surface area contributed by atoms with Crippen LogP contribution in [0.4, 0.5) is 0 Å². The number of hydrogen-bond acceptors (Lipinski definition) is 3. The third-order valence-electron chi connectivity index (χ3n) is 2.31. The highest BCUT2D eigenvalue weighted by atomic mass is 16.2. The van der Waals surface area contributed by atoms with Gasteiger partial charge in [0.1, 0.15) is 0 Å². The minimum Gasteiger partial charge on any atom is -0.343 e. The van der Waals surface area contributed by atoms with Crippen molar-refractivity contribution in [3.63, 3.8) is 0 Å². The molecule has 0 aliphatic rings. The largest absolute Gasteiger partial charge is 0.343 e. The van der Waals surface area contributed by atoms with Gasteiger partial charge in [-0.15, -0.1) is 6.42 Å². The summed E-state index contributed by atoms with van der Waals surface area (Å²) in [7, 11) is 0. The monoisotopic (exact) mass is 211 g/mol. The molecule has 1 unspecified atom stereocenters. The number of terminal acetylenes is 1. The number of carbonyl (C=O) groups excluding carboxylic acids is 1. The number of carbonyl (C=O) groups is 1. The van der Waals surface area contributed by atoms with Crippen LogP contribution < -0.4 is 11.1 Å². The maximum absolute atomic E-state index is 11.7. The smallest absolute Gasteiger partial charge is 0.224 e. The van der Waals surface area contributed by atoms with Gasteiger partial charge in [-0.1, -0.05) is 5.92 Å². The van der Waals surface area contributed by atoms with Crippen LogP contribution in [-0.2, 0) is 4.79 Å². The summed E-state index contributed by atoms with van der Waals surface area (Å²) in [6.07, 6.45) is 5.54. The topological polar surface area (TPSA) is 58.4 Å². The lowest BCUT2D eigenvalue weighted by molar-refractivity contribution is -0.131. The summed E-state index contributed by atoms with van der Waals surface area (Å²) in [5, 5.41) is 3.04. The first-order valence-corrected chi connectivity index (χ1v) is 5.34. The van der Waals surface area contributed by atoms with E-state index in [0.29, 0.717) is 19.5 Å². The molecule has 86 valence electrons. The number of rotatable bonds is 7. The van der Waals surface area contributed by atoms with Crippen molar-refractivity contribution >= 4 is 5.91 Å². The molecule has 1 atom stereocenters. The van der Waals surface area contributed by atoms with Crippen LogP contribution in [0.3, 0.4) is 0 Å². The zero-order chi connectivity index (χ0) is 11.7. The van der Waals surface area contributed by atoms with Crippen molar-refractivity contribution in [2.45, 2.75) is 26.3 Å². The van der Waals surface area contributed by atoms with Crippen molar-refractivity contribution in [3.8, 4) is 12.3 Å². The van der Waals surface area contributed by atoms with Crippen LogP contribution in [-0.4, -0.2) is 43.0 Å². The summed E-state index contributed by atoms with van der Waals surface area (Å²) < 4.78 is 0. The van der Waals surface area contributed by atoms with E-state index in [-0.39, 0.29) is 11.9 Å². The van der Waals surface area contributed by atoms with Crippen molar-refractivity contribution in [1.29, 1.82) is 0 Å². The number of hydrogen-bond donors (Lipinski definition) is 2. The van der Waals surface area contributed by atoms with Crippen LogP contribution >= 0.6 is 0 Å². The zero-order valence-corrected chi connectivity index (χ0v) is 9.62. The lowest BCUT2D eigenvalue weighted by atomic mass is 10.2. The SMILES string of the molecule is C#CCNC(CN)CC(=O)N(CC)CC. The molecule has 0 heterocycles. The molecule has 0 aliphatic carbocycles. The fourth-order valence-electron chi connectivity index (χ4n) is 1.36. The molecule has 0 aromatic carbocycles. The van der Waals surface area contributed by atoms with Crippen LogP contribution in [0.15, 0.2) is 0 Å². The fraction of sp³-hybridized carbons (Fsp3) is 0.727. The van der Waals surface area contributed by atoms with Crippen molar-refractivity contribution in [1.82, 2.24) is 10.2 Å². The number of amides is 1.